The zero-order valence-corrected chi connectivity index (χ0v) is 16.1. The molecule has 2 unspecified atom stereocenters. The lowest BCUT2D eigenvalue weighted by molar-refractivity contribution is -0.144. The van der Waals surface area contributed by atoms with Gasteiger partial charge in [0, 0.05) is 19.3 Å². The summed E-state index contributed by atoms with van der Waals surface area (Å²) in [4.78, 5) is 26.6. The lowest BCUT2D eigenvalue weighted by atomic mass is 9.98. The maximum atomic E-state index is 12.5. The van der Waals surface area contributed by atoms with E-state index in [9.17, 15) is 9.59 Å². The zero-order chi connectivity index (χ0) is 18.0. The third-order valence-corrected chi connectivity index (χ3v) is 4.91. The van der Waals surface area contributed by atoms with E-state index >= 15 is 0 Å². The number of amides is 2. The minimum Gasteiger partial charge on any atom is -0.372 e. The second kappa shape index (κ2) is 8.37. The summed E-state index contributed by atoms with van der Waals surface area (Å²) in [5, 5.41) is 6.99. The van der Waals surface area contributed by atoms with Crippen LogP contribution in [0.4, 0.5) is 5.69 Å². The molecule has 3 rings (SSSR count). The van der Waals surface area contributed by atoms with Crippen LogP contribution in [0.5, 0.6) is 0 Å². The van der Waals surface area contributed by atoms with Crippen LogP contribution in [0, 0.1) is 0 Å². The SMILES string of the molecule is CC1CN(C(=O)Cn2cc(NC(=O)C3(N)CCCC3)cn2)CC(C)O1.Cl. The molecule has 2 heterocycles. The number of nitrogens with one attached hydrogen (secondary N) is 1. The Kier molecular flexibility index (Phi) is 6.65. The number of nitrogens with zero attached hydrogens (tertiary/aromatic N) is 3. The van der Waals surface area contributed by atoms with Gasteiger partial charge in [-0.05, 0) is 26.7 Å². The standard InChI is InChI=1S/C17H27N5O3.ClH/c1-12-8-21(9-13(2)25-12)15(23)11-22-10-14(7-19-22)20-16(24)17(18)5-3-4-6-17;/h7,10,12-13H,3-6,8-9,11,18H2,1-2H3,(H,20,24);1H. The molecule has 3 N–H and O–H groups in total. The van der Waals surface area contributed by atoms with Crippen molar-refractivity contribution >= 4 is 29.9 Å². The Morgan fingerprint density at radius 3 is 2.54 bits per heavy atom. The van der Waals surface area contributed by atoms with Gasteiger partial charge < -0.3 is 20.7 Å². The molecule has 2 atom stereocenters. The zero-order valence-electron chi connectivity index (χ0n) is 15.3. The normalized spacial score (nSPS) is 24.8. The molecular weight excluding hydrogens is 358 g/mol. The average Bonchev–Trinajstić information content (AvgIpc) is 3.16. The number of hydrogen-bond acceptors (Lipinski definition) is 5. The number of aromatic nitrogens is 2. The van der Waals surface area contributed by atoms with Gasteiger partial charge in [0.05, 0.1) is 29.6 Å². The van der Waals surface area contributed by atoms with Crippen molar-refractivity contribution in [1.82, 2.24) is 14.7 Å². The molecule has 146 valence electrons. The number of ether oxygens (including phenoxy) is 1. The van der Waals surface area contributed by atoms with Gasteiger partial charge in [-0.15, -0.1) is 12.4 Å². The number of nitrogens with two attached hydrogens (primary N) is 1. The molecule has 2 fully saturated rings. The second-order valence-electron chi connectivity index (χ2n) is 7.30. The van der Waals surface area contributed by atoms with Crippen LogP contribution in [0.2, 0.25) is 0 Å². The predicted molar refractivity (Wildman–Crippen MR) is 100 cm³/mol. The van der Waals surface area contributed by atoms with E-state index in [0.29, 0.717) is 31.6 Å². The van der Waals surface area contributed by atoms with Crippen LogP contribution < -0.4 is 11.1 Å². The number of carbonyl (C=O) groups is 2. The van der Waals surface area contributed by atoms with E-state index in [1.807, 2.05) is 13.8 Å². The van der Waals surface area contributed by atoms with Crippen molar-refractivity contribution in [2.24, 2.45) is 5.73 Å². The smallest absolute Gasteiger partial charge is 0.244 e. The summed E-state index contributed by atoms with van der Waals surface area (Å²) in [6, 6.07) is 0. The highest BCUT2D eigenvalue weighted by atomic mass is 35.5. The quantitative estimate of drug-likeness (QED) is 0.809. The third-order valence-electron chi connectivity index (χ3n) is 4.91. The molecule has 9 heteroatoms. The number of halogens is 1. The number of morpholine rings is 1. The van der Waals surface area contributed by atoms with Crippen molar-refractivity contribution in [2.45, 2.75) is 63.8 Å². The van der Waals surface area contributed by atoms with Crippen molar-refractivity contribution < 1.29 is 14.3 Å². The van der Waals surface area contributed by atoms with Crippen molar-refractivity contribution in [2.75, 3.05) is 18.4 Å². The molecule has 2 amide bonds. The fourth-order valence-corrected chi connectivity index (χ4v) is 3.62. The van der Waals surface area contributed by atoms with E-state index < -0.39 is 5.54 Å². The van der Waals surface area contributed by atoms with Crippen molar-refractivity contribution in [3.05, 3.63) is 12.4 Å². The van der Waals surface area contributed by atoms with Crippen LogP contribution in [0.3, 0.4) is 0 Å². The van der Waals surface area contributed by atoms with E-state index in [1.54, 1.807) is 22.0 Å². The van der Waals surface area contributed by atoms with E-state index in [2.05, 4.69) is 10.4 Å². The van der Waals surface area contributed by atoms with Crippen molar-refractivity contribution in [3.63, 3.8) is 0 Å². The van der Waals surface area contributed by atoms with Gasteiger partial charge in [-0.3, -0.25) is 14.3 Å². The Morgan fingerprint density at radius 1 is 1.31 bits per heavy atom. The fraction of sp³-hybridized carbons (Fsp3) is 0.706. The molecule has 1 saturated heterocycles. The molecule has 1 aliphatic carbocycles. The van der Waals surface area contributed by atoms with E-state index in [1.165, 1.54) is 0 Å². The first-order valence-corrected chi connectivity index (χ1v) is 8.92. The van der Waals surface area contributed by atoms with Gasteiger partial charge in [-0.2, -0.15) is 5.10 Å². The molecule has 8 nitrogen and oxygen atoms in total. The second-order valence-corrected chi connectivity index (χ2v) is 7.30. The molecule has 26 heavy (non-hydrogen) atoms. The first kappa shape index (κ1) is 20.7. The Morgan fingerprint density at radius 2 is 1.92 bits per heavy atom. The molecule has 2 aliphatic rings. The van der Waals surface area contributed by atoms with Crippen LogP contribution in [-0.4, -0.2) is 57.3 Å². The van der Waals surface area contributed by atoms with Gasteiger partial charge >= 0.3 is 0 Å². The number of rotatable bonds is 4. The predicted octanol–water partition coefficient (Wildman–Crippen LogP) is 1.15. The Balaban J connectivity index is 0.00000243. The van der Waals surface area contributed by atoms with Gasteiger partial charge in [0.15, 0.2) is 0 Å². The Labute approximate surface area is 159 Å². The van der Waals surface area contributed by atoms with Crippen molar-refractivity contribution in [3.8, 4) is 0 Å². The van der Waals surface area contributed by atoms with Gasteiger partial charge in [0.25, 0.3) is 0 Å². The number of anilines is 1. The molecule has 1 aromatic rings. The largest absolute Gasteiger partial charge is 0.372 e. The Bertz CT molecular complexity index is 634. The van der Waals surface area contributed by atoms with Crippen molar-refractivity contribution in [1.29, 1.82) is 0 Å². The van der Waals surface area contributed by atoms with Crippen LogP contribution in [0.1, 0.15) is 39.5 Å². The first-order chi connectivity index (χ1) is 11.9. The fourth-order valence-electron chi connectivity index (χ4n) is 3.62. The topological polar surface area (TPSA) is 102 Å². The molecule has 0 spiro atoms. The van der Waals surface area contributed by atoms with E-state index in [-0.39, 0.29) is 43.0 Å². The maximum absolute atomic E-state index is 12.5. The molecule has 1 aliphatic heterocycles. The molecule has 1 saturated carbocycles. The number of carbonyl (C=O) groups excluding carboxylic acids is 2. The van der Waals surface area contributed by atoms with Gasteiger partial charge in [-0.1, -0.05) is 12.8 Å². The highest BCUT2D eigenvalue weighted by Crippen LogP contribution is 2.28. The van der Waals surface area contributed by atoms with Crippen LogP contribution in [0.15, 0.2) is 12.4 Å². The molecule has 1 aromatic heterocycles. The monoisotopic (exact) mass is 385 g/mol. The van der Waals surface area contributed by atoms with E-state index in [0.717, 1.165) is 12.8 Å². The van der Waals surface area contributed by atoms with Crippen LogP contribution >= 0.6 is 12.4 Å². The van der Waals surface area contributed by atoms with Crippen LogP contribution in [-0.2, 0) is 20.9 Å². The number of hydrogen-bond donors (Lipinski definition) is 2. The minimum absolute atomic E-state index is 0. The summed E-state index contributed by atoms with van der Waals surface area (Å²) >= 11 is 0. The Hall–Kier alpha value is -1.64. The molecule has 0 bridgehead atoms. The summed E-state index contributed by atoms with van der Waals surface area (Å²) in [5.41, 5.74) is 5.94. The van der Waals surface area contributed by atoms with Gasteiger partial charge in [0.1, 0.15) is 6.54 Å². The molecule has 0 radical (unpaired) electrons. The lowest BCUT2D eigenvalue weighted by Gasteiger charge is -2.35. The highest BCUT2D eigenvalue weighted by molar-refractivity contribution is 5.98. The minimum atomic E-state index is -0.780. The first-order valence-electron chi connectivity index (χ1n) is 8.92. The summed E-state index contributed by atoms with van der Waals surface area (Å²) < 4.78 is 7.19. The maximum Gasteiger partial charge on any atom is 0.244 e. The van der Waals surface area contributed by atoms with Gasteiger partial charge in [0.2, 0.25) is 11.8 Å². The molecule has 0 aromatic carbocycles. The van der Waals surface area contributed by atoms with Gasteiger partial charge in [-0.25, -0.2) is 0 Å². The summed E-state index contributed by atoms with van der Waals surface area (Å²) in [6.07, 6.45) is 6.66. The average molecular weight is 386 g/mol. The summed E-state index contributed by atoms with van der Waals surface area (Å²) in [7, 11) is 0. The summed E-state index contributed by atoms with van der Waals surface area (Å²) in [5.74, 6) is -0.180. The highest BCUT2D eigenvalue weighted by Gasteiger charge is 2.37. The lowest BCUT2D eigenvalue weighted by Crippen LogP contribution is -2.49. The third kappa shape index (κ3) is 4.75. The summed E-state index contributed by atoms with van der Waals surface area (Å²) in [6.45, 7) is 5.24. The van der Waals surface area contributed by atoms with Crippen LogP contribution in [0.25, 0.3) is 0 Å². The molecular formula is C17H28ClN5O3. The van der Waals surface area contributed by atoms with E-state index in [4.69, 9.17) is 10.5 Å².